The number of rotatable bonds is 4. The smallest absolute Gasteiger partial charge is 0.143 e. The van der Waals surface area contributed by atoms with Crippen molar-refractivity contribution >= 4 is 21.7 Å². The molecule has 0 saturated heterocycles. The quantitative estimate of drug-likeness (QED) is 0.491. The van der Waals surface area contributed by atoms with Crippen LogP contribution in [0.3, 0.4) is 0 Å². The summed E-state index contributed by atoms with van der Waals surface area (Å²) in [5.74, 6) is 0.243. The molecule has 0 amide bonds. The Balaban J connectivity index is 3.75. The number of alkyl halides is 1. The maximum atomic E-state index is 9.99. The second-order valence-electron chi connectivity index (χ2n) is 1.78. The second-order valence-corrected chi connectivity index (χ2v) is 3.69. The van der Waals surface area contributed by atoms with E-state index >= 15 is 0 Å². The topological polar surface area (TPSA) is 77.4 Å². The molecular formula is C4H8ClO4S-. The van der Waals surface area contributed by atoms with Crippen LogP contribution in [0.1, 0.15) is 12.8 Å². The van der Waals surface area contributed by atoms with Gasteiger partial charge in [-0.15, -0.1) is 11.6 Å². The number of aliphatic hydroxyl groups is 1. The highest BCUT2D eigenvalue weighted by Crippen LogP contribution is 2.03. The minimum atomic E-state index is -4.53. The lowest BCUT2D eigenvalue weighted by Crippen LogP contribution is -2.19. The lowest BCUT2D eigenvalue weighted by molar-refractivity contribution is 0.220. The molecule has 4 nitrogen and oxygen atoms in total. The normalized spacial score (nSPS) is 15.1. The molecule has 0 saturated carbocycles. The van der Waals surface area contributed by atoms with Gasteiger partial charge in [-0.2, -0.15) is 0 Å². The van der Waals surface area contributed by atoms with Crippen molar-refractivity contribution in [2.75, 3.05) is 5.88 Å². The highest BCUT2D eigenvalue weighted by Gasteiger charge is 2.09. The number of hydrogen-bond donors (Lipinski definition) is 1. The van der Waals surface area contributed by atoms with Crippen LogP contribution in [0.25, 0.3) is 0 Å². The summed E-state index contributed by atoms with van der Waals surface area (Å²) in [6.45, 7) is 0. The molecule has 0 aliphatic heterocycles. The molecule has 0 aromatic heterocycles. The maximum Gasteiger partial charge on any atom is 0.143 e. The van der Waals surface area contributed by atoms with E-state index in [0.29, 0.717) is 6.42 Å². The summed E-state index contributed by atoms with van der Waals surface area (Å²) < 4.78 is 30.0. The largest absolute Gasteiger partial charge is 0.746 e. The Bertz CT molecular complexity index is 176. The van der Waals surface area contributed by atoms with E-state index in [1.165, 1.54) is 0 Å². The predicted molar refractivity (Wildman–Crippen MR) is 35.7 cm³/mol. The average molecular weight is 188 g/mol. The molecule has 0 aromatic rings. The van der Waals surface area contributed by atoms with Crippen molar-refractivity contribution in [3.63, 3.8) is 0 Å². The molecule has 1 atom stereocenters. The van der Waals surface area contributed by atoms with Gasteiger partial charge in [0.05, 0.1) is 0 Å². The van der Waals surface area contributed by atoms with Gasteiger partial charge in [-0.1, -0.05) is 0 Å². The first-order chi connectivity index (χ1) is 4.48. The summed E-state index contributed by atoms with van der Waals surface area (Å²) in [6.07, 6.45) is 0.236. The van der Waals surface area contributed by atoms with E-state index in [0.717, 1.165) is 0 Å². The molecule has 0 aromatic carbocycles. The van der Waals surface area contributed by atoms with E-state index in [-0.39, 0.29) is 12.3 Å². The molecule has 10 heavy (non-hydrogen) atoms. The van der Waals surface area contributed by atoms with Crippen LogP contribution in [0.5, 0.6) is 0 Å². The zero-order chi connectivity index (χ0) is 8.20. The molecule has 62 valence electrons. The van der Waals surface area contributed by atoms with Gasteiger partial charge in [0.15, 0.2) is 0 Å². The summed E-state index contributed by atoms with van der Waals surface area (Å²) in [6, 6.07) is 0. The van der Waals surface area contributed by atoms with E-state index in [9.17, 15) is 13.0 Å². The predicted octanol–water partition coefficient (Wildman–Crippen LogP) is -0.131. The monoisotopic (exact) mass is 187 g/mol. The molecule has 1 unspecified atom stereocenters. The van der Waals surface area contributed by atoms with Crippen molar-refractivity contribution in [3.05, 3.63) is 0 Å². The summed E-state index contributed by atoms with van der Waals surface area (Å²) in [4.78, 5) is 0. The van der Waals surface area contributed by atoms with Crippen molar-refractivity contribution < 1.29 is 18.1 Å². The summed E-state index contributed by atoms with van der Waals surface area (Å²) in [7, 11) is -4.53. The van der Waals surface area contributed by atoms with Crippen molar-refractivity contribution in [1.29, 1.82) is 0 Å². The minimum Gasteiger partial charge on any atom is -0.746 e. The maximum absolute atomic E-state index is 9.99. The van der Waals surface area contributed by atoms with Crippen LogP contribution in [-0.4, -0.2) is 29.4 Å². The van der Waals surface area contributed by atoms with Gasteiger partial charge in [0.25, 0.3) is 0 Å². The molecule has 0 fully saturated rings. The summed E-state index contributed by atoms with van der Waals surface area (Å²) >= 11 is 5.19. The number of hydrogen-bond acceptors (Lipinski definition) is 4. The lowest BCUT2D eigenvalue weighted by Gasteiger charge is -2.13. The van der Waals surface area contributed by atoms with E-state index in [1.807, 2.05) is 0 Å². The van der Waals surface area contributed by atoms with Gasteiger partial charge in [-0.25, -0.2) is 8.42 Å². The third-order valence-corrected chi connectivity index (χ3v) is 2.09. The number of halogens is 1. The summed E-state index contributed by atoms with van der Waals surface area (Å²) in [5, 5.41) is 8.56. The van der Waals surface area contributed by atoms with E-state index in [2.05, 4.69) is 0 Å². The van der Waals surface area contributed by atoms with E-state index < -0.39 is 15.6 Å². The third kappa shape index (κ3) is 4.05. The first-order valence-electron chi connectivity index (χ1n) is 2.67. The van der Waals surface area contributed by atoms with Crippen LogP contribution in [-0.2, 0) is 10.1 Å². The van der Waals surface area contributed by atoms with Crippen molar-refractivity contribution in [2.24, 2.45) is 0 Å². The van der Waals surface area contributed by atoms with Gasteiger partial charge in [-0.3, -0.25) is 0 Å². The Labute approximate surface area is 64.6 Å². The fourth-order valence-corrected chi connectivity index (χ4v) is 1.01. The van der Waals surface area contributed by atoms with Crippen LogP contribution < -0.4 is 0 Å². The van der Waals surface area contributed by atoms with Gasteiger partial charge in [0.1, 0.15) is 15.6 Å². The SMILES string of the molecule is O=S(=O)([O-])C(O)CCCCl. The van der Waals surface area contributed by atoms with Crippen LogP contribution >= 0.6 is 11.6 Å². The van der Waals surface area contributed by atoms with Crippen LogP contribution in [0, 0.1) is 0 Å². The molecule has 0 rings (SSSR count). The fraction of sp³-hybridized carbons (Fsp3) is 1.00. The highest BCUT2D eigenvalue weighted by atomic mass is 35.5. The molecule has 0 spiro atoms. The molecule has 0 bridgehead atoms. The first kappa shape index (κ1) is 10.2. The summed E-state index contributed by atoms with van der Waals surface area (Å²) in [5.41, 5.74) is -1.80. The average Bonchev–Trinajstić information content (AvgIpc) is 1.80. The molecule has 6 heteroatoms. The second kappa shape index (κ2) is 4.12. The fourth-order valence-electron chi connectivity index (χ4n) is 0.396. The standard InChI is InChI=1S/C4H9ClO4S/c5-3-1-2-4(6)10(7,8)9/h4,6H,1-3H2,(H,7,8,9)/p-1. The van der Waals surface area contributed by atoms with Gasteiger partial charge >= 0.3 is 0 Å². The van der Waals surface area contributed by atoms with E-state index in [4.69, 9.17) is 16.7 Å². The van der Waals surface area contributed by atoms with Crippen LogP contribution in [0.15, 0.2) is 0 Å². The minimum absolute atomic E-state index is 0.0880. The first-order valence-corrected chi connectivity index (χ1v) is 4.68. The zero-order valence-corrected chi connectivity index (χ0v) is 6.73. The van der Waals surface area contributed by atoms with Crippen molar-refractivity contribution in [3.8, 4) is 0 Å². The van der Waals surface area contributed by atoms with Crippen LogP contribution in [0.2, 0.25) is 0 Å². The third-order valence-electron chi connectivity index (χ3n) is 0.918. The van der Waals surface area contributed by atoms with E-state index in [1.54, 1.807) is 0 Å². The van der Waals surface area contributed by atoms with Gasteiger partial charge < -0.3 is 9.66 Å². The zero-order valence-electron chi connectivity index (χ0n) is 5.16. The Morgan fingerprint density at radius 1 is 1.60 bits per heavy atom. The van der Waals surface area contributed by atoms with Crippen molar-refractivity contribution in [2.45, 2.75) is 18.3 Å². The van der Waals surface area contributed by atoms with Gasteiger partial charge in [0.2, 0.25) is 0 Å². The Morgan fingerprint density at radius 3 is 2.40 bits per heavy atom. The molecule has 0 heterocycles. The molecule has 0 aliphatic carbocycles. The van der Waals surface area contributed by atoms with Gasteiger partial charge in [-0.05, 0) is 12.8 Å². The Kier molecular flexibility index (Phi) is 4.19. The Hall–Kier alpha value is 0.160. The lowest BCUT2D eigenvalue weighted by atomic mass is 10.4. The molecular weight excluding hydrogens is 180 g/mol. The van der Waals surface area contributed by atoms with Gasteiger partial charge in [0, 0.05) is 5.88 Å². The molecule has 1 N–H and O–H groups in total. The van der Waals surface area contributed by atoms with Crippen LogP contribution in [0.4, 0.5) is 0 Å². The number of aliphatic hydroxyl groups excluding tert-OH is 1. The highest BCUT2D eigenvalue weighted by molar-refractivity contribution is 7.86. The molecule has 0 radical (unpaired) electrons. The Morgan fingerprint density at radius 2 is 2.10 bits per heavy atom. The molecule has 0 aliphatic rings. The van der Waals surface area contributed by atoms with Crippen molar-refractivity contribution in [1.82, 2.24) is 0 Å².